The highest BCUT2D eigenvalue weighted by Gasteiger charge is 2.30. The van der Waals surface area contributed by atoms with Crippen LogP contribution in [-0.2, 0) is 4.79 Å². The van der Waals surface area contributed by atoms with Gasteiger partial charge in [-0.1, -0.05) is 41.0 Å². The molecule has 1 fully saturated rings. The quantitative estimate of drug-likeness (QED) is 0.731. The largest absolute Gasteiger partial charge is 0.288 e. The molecule has 0 aromatic heterocycles. The third-order valence-electron chi connectivity index (χ3n) is 2.08. The molecule has 0 aromatic rings. The molecule has 74 valence electrons. The van der Waals surface area contributed by atoms with E-state index in [-0.39, 0.29) is 11.1 Å². The summed E-state index contributed by atoms with van der Waals surface area (Å²) in [6.07, 6.45) is 0.979. The van der Waals surface area contributed by atoms with Crippen molar-refractivity contribution in [1.82, 2.24) is 4.90 Å². The Hall–Kier alpha value is -0.0300. The third-order valence-corrected chi connectivity index (χ3v) is 3.85. The normalized spacial score (nSPS) is 19.7. The molecule has 2 amide bonds. The molecule has 0 radical (unpaired) electrons. The molecule has 1 aliphatic heterocycles. The number of nitrogens with zero attached hydrogens (tertiary/aromatic N) is 1. The predicted molar refractivity (Wildman–Crippen MR) is 57.1 cm³/mol. The first kappa shape index (κ1) is 11.0. The van der Waals surface area contributed by atoms with Crippen LogP contribution in [0.15, 0.2) is 0 Å². The molecule has 1 unspecified atom stereocenters. The minimum absolute atomic E-state index is 0.0469. The van der Waals surface area contributed by atoms with Crippen LogP contribution in [0.5, 0.6) is 0 Å². The van der Waals surface area contributed by atoms with E-state index in [9.17, 15) is 9.59 Å². The van der Waals surface area contributed by atoms with Crippen LogP contribution in [0.4, 0.5) is 4.79 Å². The minimum Gasteiger partial charge on any atom is -0.273 e. The zero-order chi connectivity index (χ0) is 9.84. The Bertz CT molecular complexity index is 202. The molecule has 0 bridgehead atoms. The van der Waals surface area contributed by atoms with Crippen molar-refractivity contribution < 1.29 is 9.59 Å². The van der Waals surface area contributed by atoms with Crippen LogP contribution in [-0.4, -0.2) is 33.7 Å². The highest BCUT2D eigenvalue weighted by atomic mass is 79.9. The molecule has 5 heteroatoms. The number of halogens is 1. The highest BCUT2D eigenvalue weighted by Crippen LogP contribution is 2.21. The third kappa shape index (κ3) is 2.71. The Morgan fingerprint density at radius 2 is 2.31 bits per heavy atom. The lowest BCUT2D eigenvalue weighted by atomic mass is 10.1. The first-order chi connectivity index (χ1) is 6.19. The van der Waals surface area contributed by atoms with Crippen LogP contribution in [0.1, 0.15) is 13.3 Å². The molecule has 1 aliphatic rings. The average molecular weight is 266 g/mol. The number of carbonyl (C=O) groups is 2. The maximum atomic E-state index is 11.2. The van der Waals surface area contributed by atoms with Crippen molar-refractivity contribution >= 4 is 38.8 Å². The first-order valence-electron chi connectivity index (χ1n) is 4.22. The van der Waals surface area contributed by atoms with E-state index in [1.807, 2.05) is 0 Å². The zero-order valence-electron chi connectivity index (χ0n) is 7.46. The van der Waals surface area contributed by atoms with Gasteiger partial charge in [-0.05, 0) is 5.92 Å². The average Bonchev–Trinajstić information content (AvgIpc) is 2.44. The van der Waals surface area contributed by atoms with E-state index in [2.05, 4.69) is 22.9 Å². The summed E-state index contributed by atoms with van der Waals surface area (Å²) in [4.78, 5) is 23.8. The summed E-state index contributed by atoms with van der Waals surface area (Å²) in [6.45, 7) is 2.62. The Morgan fingerprint density at radius 1 is 1.62 bits per heavy atom. The molecular weight excluding hydrogens is 254 g/mol. The number of amides is 2. The second kappa shape index (κ2) is 5.00. The lowest BCUT2D eigenvalue weighted by molar-refractivity contribution is -0.124. The van der Waals surface area contributed by atoms with Crippen LogP contribution in [0.3, 0.4) is 0 Å². The van der Waals surface area contributed by atoms with Crippen molar-refractivity contribution in [2.24, 2.45) is 5.92 Å². The number of rotatable bonds is 4. The van der Waals surface area contributed by atoms with Crippen molar-refractivity contribution in [2.45, 2.75) is 13.3 Å². The number of hydrogen-bond donors (Lipinski definition) is 0. The lowest BCUT2D eigenvalue weighted by Crippen LogP contribution is -2.34. The van der Waals surface area contributed by atoms with Crippen molar-refractivity contribution in [3.05, 3.63) is 0 Å². The van der Waals surface area contributed by atoms with Gasteiger partial charge in [0.05, 0.1) is 5.75 Å². The topological polar surface area (TPSA) is 37.4 Å². The molecule has 0 aliphatic carbocycles. The molecule has 13 heavy (non-hydrogen) atoms. The monoisotopic (exact) mass is 265 g/mol. The molecule has 3 nitrogen and oxygen atoms in total. The fraction of sp³-hybridized carbons (Fsp3) is 0.750. The molecular formula is C8H12BrNO2S. The van der Waals surface area contributed by atoms with Crippen LogP contribution in [0.25, 0.3) is 0 Å². The maximum absolute atomic E-state index is 11.2. The number of alkyl halides is 1. The van der Waals surface area contributed by atoms with Gasteiger partial charge in [-0.15, -0.1) is 0 Å². The van der Waals surface area contributed by atoms with E-state index in [1.165, 1.54) is 4.90 Å². The SMILES string of the molecule is CCC(CBr)CN1C(=O)CSC1=O. The highest BCUT2D eigenvalue weighted by molar-refractivity contribution is 9.09. The summed E-state index contributed by atoms with van der Waals surface area (Å²) in [5, 5.41) is 0.745. The summed E-state index contributed by atoms with van der Waals surface area (Å²) < 4.78 is 0. The van der Waals surface area contributed by atoms with Gasteiger partial charge in [0.15, 0.2) is 0 Å². The number of thioether (sulfide) groups is 1. The number of carbonyl (C=O) groups excluding carboxylic acids is 2. The van der Waals surface area contributed by atoms with Crippen LogP contribution in [0.2, 0.25) is 0 Å². The van der Waals surface area contributed by atoms with Gasteiger partial charge in [0.25, 0.3) is 5.24 Å². The Kier molecular flexibility index (Phi) is 4.25. The summed E-state index contributed by atoms with van der Waals surface area (Å²) in [7, 11) is 0. The number of hydrogen-bond acceptors (Lipinski definition) is 3. The van der Waals surface area contributed by atoms with E-state index in [0.717, 1.165) is 23.5 Å². The van der Waals surface area contributed by atoms with Gasteiger partial charge in [0, 0.05) is 11.9 Å². The van der Waals surface area contributed by atoms with E-state index in [4.69, 9.17) is 0 Å². The van der Waals surface area contributed by atoms with Gasteiger partial charge in [-0.25, -0.2) is 0 Å². The molecule has 0 saturated carbocycles. The Morgan fingerprint density at radius 3 is 2.69 bits per heavy atom. The fourth-order valence-corrected chi connectivity index (χ4v) is 2.50. The van der Waals surface area contributed by atoms with Gasteiger partial charge in [-0.2, -0.15) is 0 Å². The van der Waals surface area contributed by atoms with Crippen molar-refractivity contribution in [3.8, 4) is 0 Å². The number of imide groups is 1. The summed E-state index contributed by atoms with van der Waals surface area (Å²) in [6, 6.07) is 0. The fourth-order valence-electron chi connectivity index (χ4n) is 1.10. The van der Waals surface area contributed by atoms with Gasteiger partial charge in [0.1, 0.15) is 0 Å². The van der Waals surface area contributed by atoms with E-state index >= 15 is 0 Å². The van der Waals surface area contributed by atoms with E-state index in [0.29, 0.717) is 18.2 Å². The zero-order valence-corrected chi connectivity index (χ0v) is 9.86. The molecule has 0 N–H and O–H groups in total. The molecule has 0 aromatic carbocycles. The summed E-state index contributed by atoms with van der Waals surface area (Å²) in [5.41, 5.74) is 0. The van der Waals surface area contributed by atoms with Gasteiger partial charge < -0.3 is 0 Å². The lowest BCUT2D eigenvalue weighted by Gasteiger charge is -2.18. The van der Waals surface area contributed by atoms with Crippen molar-refractivity contribution in [1.29, 1.82) is 0 Å². The predicted octanol–water partition coefficient (Wildman–Crippen LogP) is 2.10. The van der Waals surface area contributed by atoms with Crippen LogP contribution in [0, 0.1) is 5.92 Å². The van der Waals surface area contributed by atoms with E-state index in [1.54, 1.807) is 0 Å². The van der Waals surface area contributed by atoms with Gasteiger partial charge >= 0.3 is 0 Å². The van der Waals surface area contributed by atoms with Crippen molar-refractivity contribution in [2.75, 3.05) is 17.6 Å². The van der Waals surface area contributed by atoms with Gasteiger partial charge in [0.2, 0.25) is 5.91 Å². The van der Waals surface area contributed by atoms with Crippen LogP contribution >= 0.6 is 27.7 Å². The summed E-state index contributed by atoms with van der Waals surface area (Å²) in [5.74, 6) is 0.651. The van der Waals surface area contributed by atoms with Crippen LogP contribution < -0.4 is 0 Å². The smallest absolute Gasteiger partial charge is 0.273 e. The molecule has 1 heterocycles. The second-order valence-electron chi connectivity index (χ2n) is 2.99. The standard InChI is InChI=1S/C8H12BrNO2S/c1-2-6(3-9)4-10-7(11)5-13-8(10)12/h6H,2-5H2,1H3. The Labute approximate surface area is 90.4 Å². The van der Waals surface area contributed by atoms with Gasteiger partial charge in [-0.3, -0.25) is 14.5 Å². The maximum Gasteiger partial charge on any atom is 0.288 e. The second-order valence-corrected chi connectivity index (χ2v) is 4.56. The molecule has 1 atom stereocenters. The molecule has 1 rings (SSSR count). The summed E-state index contributed by atoms with van der Waals surface area (Å²) >= 11 is 4.47. The Balaban J connectivity index is 2.51. The molecule has 1 saturated heterocycles. The first-order valence-corrected chi connectivity index (χ1v) is 6.32. The van der Waals surface area contributed by atoms with E-state index < -0.39 is 0 Å². The van der Waals surface area contributed by atoms with Crippen molar-refractivity contribution in [3.63, 3.8) is 0 Å². The molecule has 0 spiro atoms. The minimum atomic E-state index is -0.0931.